The first-order valence-electron chi connectivity index (χ1n) is 6.02. The van der Waals surface area contributed by atoms with Crippen LogP contribution in [-0.2, 0) is 10.0 Å². The number of benzene rings is 1. The van der Waals surface area contributed by atoms with Crippen LogP contribution in [0.5, 0.6) is 0 Å². The van der Waals surface area contributed by atoms with Gasteiger partial charge in [0.05, 0.1) is 5.75 Å². The average Bonchev–Trinajstić information content (AvgIpc) is 2.33. The maximum absolute atomic E-state index is 10.8. The summed E-state index contributed by atoms with van der Waals surface area (Å²) in [5, 5.41) is 8.39. The van der Waals surface area contributed by atoms with E-state index in [1.807, 2.05) is 17.8 Å². The van der Waals surface area contributed by atoms with Gasteiger partial charge in [-0.25, -0.2) is 13.6 Å². The van der Waals surface area contributed by atoms with Crippen LogP contribution in [0.4, 0.5) is 0 Å². The third kappa shape index (κ3) is 3.98. The predicted octanol–water partition coefficient (Wildman–Crippen LogP) is 1.49. The van der Waals surface area contributed by atoms with Crippen LogP contribution in [0.1, 0.15) is 24.4 Å². The first kappa shape index (κ1) is 13.9. The number of thioether (sulfide) groups is 1. The van der Waals surface area contributed by atoms with Gasteiger partial charge < -0.3 is 5.32 Å². The Morgan fingerprint density at radius 2 is 2.17 bits per heavy atom. The zero-order valence-electron chi connectivity index (χ0n) is 10.1. The standard InChI is InChI=1S/C12H18N2O2S2/c13-18(15,16)9-3-7-14-11-6-8-17-12-5-2-1-4-10(11)12/h1-2,4-5,11,14H,3,6-9H2,(H2,13,15,16). The van der Waals surface area contributed by atoms with Crippen molar-refractivity contribution in [1.82, 2.24) is 5.32 Å². The maximum Gasteiger partial charge on any atom is 0.209 e. The molecule has 0 aliphatic carbocycles. The van der Waals surface area contributed by atoms with Gasteiger partial charge in [0.1, 0.15) is 0 Å². The topological polar surface area (TPSA) is 72.2 Å². The average molecular weight is 286 g/mol. The smallest absolute Gasteiger partial charge is 0.209 e. The Balaban J connectivity index is 1.88. The molecular formula is C12H18N2O2S2. The number of nitrogens with two attached hydrogens (primary N) is 1. The normalized spacial score (nSPS) is 19.5. The molecule has 0 radical (unpaired) electrons. The number of nitrogens with one attached hydrogen (secondary N) is 1. The minimum absolute atomic E-state index is 0.0448. The SMILES string of the molecule is NS(=O)(=O)CCCNC1CCSc2ccccc21. The van der Waals surface area contributed by atoms with Crippen molar-refractivity contribution >= 4 is 21.8 Å². The molecule has 1 aromatic carbocycles. The molecule has 2 rings (SSSR count). The third-order valence-corrected chi connectivity index (χ3v) is 4.94. The van der Waals surface area contributed by atoms with Crippen molar-refractivity contribution in [3.63, 3.8) is 0 Å². The first-order valence-corrected chi connectivity index (χ1v) is 8.72. The van der Waals surface area contributed by atoms with E-state index >= 15 is 0 Å². The lowest BCUT2D eigenvalue weighted by atomic mass is 10.0. The van der Waals surface area contributed by atoms with Crippen molar-refractivity contribution in [2.75, 3.05) is 18.1 Å². The molecule has 4 nitrogen and oxygen atoms in total. The summed E-state index contributed by atoms with van der Waals surface area (Å²) in [5.74, 6) is 1.15. The zero-order valence-corrected chi connectivity index (χ0v) is 11.8. The minimum atomic E-state index is -3.33. The highest BCUT2D eigenvalue weighted by molar-refractivity contribution is 7.99. The monoisotopic (exact) mass is 286 g/mol. The summed E-state index contributed by atoms with van der Waals surface area (Å²) < 4.78 is 21.7. The van der Waals surface area contributed by atoms with E-state index in [9.17, 15) is 8.42 Å². The lowest BCUT2D eigenvalue weighted by molar-refractivity contribution is 0.508. The van der Waals surface area contributed by atoms with Crippen LogP contribution in [0, 0.1) is 0 Å². The Labute approximate surface area is 112 Å². The Morgan fingerprint density at radius 3 is 2.94 bits per heavy atom. The highest BCUT2D eigenvalue weighted by Crippen LogP contribution is 2.35. The third-order valence-electron chi connectivity index (χ3n) is 2.95. The van der Waals surface area contributed by atoms with Crippen molar-refractivity contribution in [3.8, 4) is 0 Å². The second-order valence-corrected chi connectivity index (χ2v) is 7.27. The van der Waals surface area contributed by atoms with Gasteiger partial charge in [0.25, 0.3) is 0 Å². The molecule has 0 amide bonds. The molecule has 0 bridgehead atoms. The molecule has 3 N–H and O–H groups in total. The van der Waals surface area contributed by atoms with Gasteiger partial charge in [0.2, 0.25) is 10.0 Å². The van der Waals surface area contributed by atoms with Crippen LogP contribution in [0.3, 0.4) is 0 Å². The van der Waals surface area contributed by atoms with E-state index in [0.29, 0.717) is 19.0 Å². The Kier molecular flexibility index (Phi) is 4.66. The van der Waals surface area contributed by atoms with Gasteiger partial charge in [-0.15, -0.1) is 11.8 Å². The van der Waals surface area contributed by atoms with Gasteiger partial charge in [0.15, 0.2) is 0 Å². The van der Waals surface area contributed by atoms with Gasteiger partial charge >= 0.3 is 0 Å². The van der Waals surface area contributed by atoms with Gasteiger partial charge in [-0.2, -0.15) is 0 Å². The summed E-state index contributed by atoms with van der Waals surface area (Å²) in [6.45, 7) is 0.681. The molecule has 0 fully saturated rings. The molecule has 1 aliphatic heterocycles. The number of fused-ring (bicyclic) bond motifs is 1. The number of rotatable bonds is 5. The maximum atomic E-state index is 10.8. The van der Waals surface area contributed by atoms with Crippen LogP contribution >= 0.6 is 11.8 Å². The number of hydrogen-bond acceptors (Lipinski definition) is 4. The molecule has 1 unspecified atom stereocenters. The summed E-state index contributed by atoms with van der Waals surface area (Å²) in [6, 6.07) is 8.71. The number of primary sulfonamides is 1. The molecule has 6 heteroatoms. The lowest BCUT2D eigenvalue weighted by Crippen LogP contribution is -2.27. The van der Waals surface area contributed by atoms with E-state index in [4.69, 9.17) is 5.14 Å². The van der Waals surface area contributed by atoms with E-state index in [2.05, 4.69) is 23.5 Å². The quantitative estimate of drug-likeness (QED) is 0.805. The van der Waals surface area contributed by atoms with Crippen LogP contribution in [-0.4, -0.2) is 26.5 Å². The Bertz CT molecular complexity index is 503. The Morgan fingerprint density at radius 1 is 1.39 bits per heavy atom. The highest BCUT2D eigenvalue weighted by Gasteiger charge is 2.19. The summed E-state index contributed by atoms with van der Waals surface area (Å²) in [6.07, 6.45) is 1.64. The van der Waals surface area contributed by atoms with Gasteiger partial charge in [0, 0.05) is 10.9 Å². The second-order valence-electron chi connectivity index (χ2n) is 4.40. The van der Waals surface area contributed by atoms with Crippen LogP contribution in [0.15, 0.2) is 29.2 Å². The van der Waals surface area contributed by atoms with Gasteiger partial charge in [-0.05, 0) is 36.8 Å². The molecule has 0 spiro atoms. The fourth-order valence-electron chi connectivity index (χ4n) is 2.10. The van der Waals surface area contributed by atoms with E-state index in [1.165, 1.54) is 10.5 Å². The molecule has 1 atom stereocenters. The van der Waals surface area contributed by atoms with Crippen molar-refractivity contribution in [3.05, 3.63) is 29.8 Å². The summed E-state index contributed by atoms with van der Waals surface area (Å²) in [5.41, 5.74) is 1.32. The van der Waals surface area contributed by atoms with Gasteiger partial charge in [-0.1, -0.05) is 18.2 Å². The molecule has 1 aliphatic rings. The molecule has 1 heterocycles. The molecule has 0 saturated heterocycles. The second kappa shape index (κ2) is 6.06. The molecule has 18 heavy (non-hydrogen) atoms. The molecule has 0 saturated carbocycles. The molecule has 1 aromatic rings. The fraction of sp³-hybridized carbons (Fsp3) is 0.500. The highest BCUT2D eigenvalue weighted by atomic mass is 32.2. The molecular weight excluding hydrogens is 268 g/mol. The van der Waals surface area contributed by atoms with E-state index in [1.54, 1.807) is 0 Å². The fourth-order valence-corrected chi connectivity index (χ4v) is 3.78. The lowest BCUT2D eigenvalue weighted by Gasteiger charge is -2.25. The van der Waals surface area contributed by atoms with E-state index < -0.39 is 10.0 Å². The van der Waals surface area contributed by atoms with Crippen LogP contribution in [0.2, 0.25) is 0 Å². The van der Waals surface area contributed by atoms with E-state index in [-0.39, 0.29) is 5.75 Å². The summed E-state index contributed by atoms with van der Waals surface area (Å²) in [7, 11) is -3.33. The van der Waals surface area contributed by atoms with Gasteiger partial charge in [-0.3, -0.25) is 0 Å². The number of sulfonamides is 1. The summed E-state index contributed by atoms with van der Waals surface area (Å²) in [4.78, 5) is 1.33. The minimum Gasteiger partial charge on any atom is -0.310 e. The van der Waals surface area contributed by atoms with Crippen molar-refractivity contribution in [2.45, 2.75) is 23.8 Å². The predicted molar refractivity (Wildman–Crippen MR) is 75.1 cm³/mol. The number of hydrogen-bond donors (Lipinski definition) is 2. The van der Waals surface area contributed by atoms with Crippen molar-refractivity contribution < 1.29 is 8.42 Å². The molecule has 0 aromatic heterocycles. The summed E-state index contributed by atoms with van der Waals surface area (Å²) >= 11 is 1.88. The van der Waals surface area contributed by atoms with Crippen molar-refractivity contribution in [2.24, 2.45) is 5.14 Å². The largest absolute Gasteiger partial charge is 0.310 e. The Hall–Kier alpha value is -0.560. The van der Waals surface area contributed by atoms with Crippen molar-refractivity contribution in [1.29, 1.82) is 0 Å². The van der Waals surface area contributed by atoms with Crippen LogP contribution < -0.4 is 10.5 Å². The van der Waals surface area contributed by atoms with Crippen LogP contribution in [0.25, 0.3) is 0 Å². The van der Waals surface area contributed by atoms with E-state index in [0.717, 1.165) is 12.2 Å². The molecule has 100 valence electrons. The first-order chi connectivity index (χ1) is 8.56. The zero-order chi connectivity index (χ0) is 13.0.